The number of hydrogen-bond acceptors (Lipinski definition) is 18. The van der Waals surface area contributed by atoms with Gasteiger partial charge in [0, 0.05) is 79.8 Å². The van der Waals surface area contributed by atoms with Gasteiger partial charge in [0.2, 0.25) is 0 Å². The Labute approximate surface area is 397 Å². The Bertz CT molecular complexity index is 2160. The van der Waals surface area contributed by atoms with Crippen LogP contribution in [0.5, 0.6) is 23.0 Å². The Hall–Kier alpha value is -4.83. The van der Waals surface area contributed by atoms with Crippen molar-refractivity contribution in [1.82, 2.24) is 5.32 Å². The molecule has 0 spiro atoms. The molecule has 19 nitrogen and oxygen atoms in total. The number of amides is 1. The molecule has 19 heteroatoms. The van der Waals surface area contributed by atoms with Crippen LogP contribution in [0.1, 0.15) is 70.0 Å². The molecule has 5 bridgehead atoms. The number of Topliss-reactive ketones (excluding diaryl/α,β-unsaturated/α-hetero) is 1. The van der Waals surface area contributed by atoms with Crippen LogP contribution >= 0.6 is 0 Å². The summed E-state index contributed by atoms with van der Waals surface area (Å²) in [5.74, 6) is -8.53. The van der Waals surface area contributed by atoms with Crippen LogP contribution in [-0.2, 0) is 54.0 Å². The number of ether oxygens (including phenoxy) is 9. The number of phenolic OH excluding ortho intramolecular Hbond substituents is 3. The largest absolute Gasteiger partial charge is 0.507 e. The number of benzene rings is 2. The molecule has 0 radical (unpaired) electrons. The van der Waals surface area contributed by atoms with Crippen LogP contribution in [0.3, 0.4) is 0 Å². The highest BCUT2D eigenvalue weighted by atomic mass is 16.7. The lowest BCUT2D eigenvalue weighted by molar-refractivity contribution is -0.160. The van der Waals surface area contributed by atoms with Gasteiger partial charge in [0.1, 0.15) is 23.4 Å². The standard InChI is InChI=1S/C49H70N2O17/c1-26-11-10-12-27(2)48(59)51-39-34(24-50-23-33-25-64-20-19-62-16-15-61-17-18-63-21-22-65-33)43(56)36-37(44(39)57)42(55)31(6)46-38(36)47(58)49(8,68-46)66-14-13-35(60-9)28(3)45(67-32(7)52)30(5)41(54)29(4)40(26)53/h10-14,26,28-30,33,35,40-41,45,50,53-57H,15-25H2,1-9H3,(H,51,59)/b11-10+,14-13+,27-12-/t26-,28+,29+,30+,33?,35-,40-,41+,45+,49-/m0/s1. The molecule has 2 aromatic carbocycles. The van der Waals surface area contributed by atoms with Crippen LogP contribution in [0.2, 0.25) is 0 Å². The van der Waals surface area contributed by atoms with Gasteiger partial charge >= 0.3 is 11.8 Å². The number of methoxy groups -OCH3 is 1. The van der Waals surface area contributed by atoms with Crippen molar-refractivity contribution in [2.75, 3.05) is 78.4 Å². The van der Waals surface area contributed by atoms with Gasteiger partial charge in [-0.05, 0) is 19.9 Å². The average Bonchev–Trinajstić information content (AvgIpc) is 3.56. The minimum Gasteiger partial charge on any atom is -0.507 e. The smallest absolute Gasteiger partial charge is 0.312 e. The number of hydrogen-bond donors (Lipinski definition) is 7. The fourth-order valence-corrected chi connectivity index (χ4v) is 8.63. The molecule has 1 fully saturated rings. The molecule has 1 saturated heterocycles. The molecule has 0 saturated carbocycles. The molecule has 1 unspecified atom stereocenters. The van der Waals surface area contributed by atoms with Gasteiger partial charge in [-0.3, -0.25) is 14.4 Å². The first kappa shape index (κ1) is 54.1. The van der Waals surface area contributed by atoms with Crippen LogP contribution in [0.15, 0.2) is 36.1 Å². The lowest BCUT2D eigenvalue weighted by atomic mass is 9.78. The molecule has 4 aliphatic rings. The van der Waals surface area contributed by atoms with E-state index in [9.17, 15) is 39.9 Å². The molecule has 378 valence electrons. The van der Waals surface area contributed by atoms with Gasteiger partial charge < -0.3 is 78.8 Å². The van der Waals surface area contributed by atoms with Crippen LogP contribution in [0.25, 0.3) is 10.8 Å². The summed E-state index contributed by atoms with van der Waals surface area (Å²) in [5.41, 5.74) is -0.293. The highest BCUT2D eigenvalue weighted by Gasteiger charge is 2.50. The monoisotopic (exact) mass is 958 g/mol. The van der Waals surface area contributed by atoms with Gasteiger partial charge in [-0.1, -0.05) is 45.9 Å². The van der Waals surface area contributed by atoms with Crippen molar-refractivity contribution in [3.8, 4) is 23.0 Å². The summed E-state index contributed by atoms with van der Waals surface area (Å²) < 4.78 is 52.3. The highest BCUT2D eigenvalue weighted by molar-refractivity contribution is 6.22. The first-order chi connectivity index (χ1) is 32.3. The molecule has 10 atom stereocenters. The maximum absolute atomic E-state index is 14.6. The van der Waals surface area contributed by atoms with E-state index in [1.54, 1.807) is 39.8 Å². The van der Waals surface area contributed by atoms with Crippen molar-refractivity contribution >= 4 is 34.1 Å². The zero-order chi connectivity index (χ0) is 49.9. The lowest BCUT2D eigenvalue weighted by Crippen LogP contribution is -2.46. The zero-order valence-electron chi connectivity index (χ0n) is 40.5. The minimum atomic E-state index is -2.08. The third-order valence-corrected chi connectivity index (χ3v) is 12.8. The van der Waals surface area contributed by atoms with Crippen molar-refractivity contribution in [2.45, 2.75) is 98.2 Å². The van der Waals surface area contributed by atoms with E-state index in [0.29, 0.717) is 46.2 Å². The molecular weight excluding hydrogens is 889 g/mol. The number of nitrogens with one attached hydrogen (secondary N) is 2. The fourth-order valence-electron chi connectivity index (χ4n) is 8.63. The van der Waals surface area contributed by atoms with Gasteiger partial charge in [0.15, 0.2) is 5.75 Å². The molecule has 2 aromatic rings. The van der Waals surface area contributed by atoms with Crippen LogP contribution < -0.4 is 15.4 Å². The number of rotatable bonds is 6. The van der Waals surface area contributed by atoms with Gasteiger partial charge in [-0.15, -0.1) is 0 Å². The normalized spacial score (nSPS) is 31.6. The number of carbonyl (C=O) groups excluding carboxylic acids is 3. The fraction of sp³-hybridized carbons (Fsp3) is 0.612. The number of anilines is 1. The third kappa shape index (κ3) is 12.7. The number of ketones is 1. The number of carbonyl (C=O) groups is 3. The second-order valence-electron chi connectivity index (χ2n) is 17.7. The van der Waals surface area contributed by atoms with E-state index < -0.39 is 94.9 Å². The first-order valence-corrected chi connectivity index (χ1v) is 23.0. The average molecular weight is 959 g/mol. The summed E-state index contributed by atoms with van der Waals surface area (Å²) in [6, 6.07) is 0. The minimum absolute atomic E-state index is 0.0379. The van der Waals surface area contributed by atoms with E-state index in [2.05, 4.69) is 10.6 Å². The summed E-state index contributed by atoms with van der Waals surface area (Å²) in [5, 5.41) is 64.5. The van der Waals surface area contributed by atoms with E-state index >= 15 is 0 Å². The van der Waals surface area contributed by atoms with Crippen LogP contribution in [-0.4, -0.2) is 153 Å². The number of fused-ring (bicyclic) bond motifs is 14. The number of aromatic hydroxyl groups is 3. The summed E-state index contributed by atoms with van der Waals surface area (Å²) in [6.07, 6.45) is 2.93. The van der Waals surface area contributed by atoms with Gasteiger partial charge in [0.05, 0.1) is 107 Å². The van der Waals surface area contributed by atoms with Crippen molar-refractivity contribution in [3.63, 3.8) is 0 Å². The Balaban J connectivity index is 1.60. The second kappa shape index (κ2) is 24.6. The van der Waals surface area contributed by atoms with Crippen molar-refractivity contribution in [1.29, 1.82) is 0 Å². The molecule has 68 heavy (non-hydrogen) atoms. The van der Waals surface area contributed by atoms with Crippen molar-refractivity contribution in [3.05, 3.63) is 52.8 Å². The van der Waals surface area contributed by atoms with E-state index in [0.717, 1.165) is 0 Å². The molecule has 7 N–H and O–H groups in total. The number of aliphatic hydroxyl groups is 2. The first-order valence-electron chi connectivity index (χ1n) is 23.0. The predicted molar refractivity (Wildman–Crippen MR) is 249 cm³/mol. The molecule has 1 amide bonds. The summed E-state index contributed by atoms with van der Waals surface area (Å²) >= 11 is 0. The summed E-state index contributed by atoms with van der Waals surface area (Å²) in [6.45, 7) is 15.4. The number of esters is 1. The maximum Gasteiger partial charge on any atom is 0.312 e. The molecule has 6 rings (SSSR count). The highest BCUT2D eigenvalue weighted by Crippen LogP contribution is 2.55. The van der Waals surface area contributed by atoms with E-state index in [1.807, 2.05) is 0 Å². The number of allylic oxidation sites excluding steroid dienone is 2. The van der Waals surface area contributed by atoms with E-state index in [1.165, 1.54) is 53.2 Å². The second-order valence-corrected chi connectivity index (χ2v) is 17.7. The quantitative estimate of drug-likeness (QED) is 0.121. The topological polar surface area (TPSA) is 259 Å². The van der Waals surface area contributed by atoms with E-state index in [-0.39, 0.29) is 70.8 Å². The Morgan fingerprint density at radius 1 is 0.838 bits per heavy atom. The number of phenols is 3. The van der Waals surface area contributed by atoms with Crippen LogP contribution in [0.4, 0.5) is 5.69 Å². The Morgan fingerprint density at radius 3 is 2.10 bits per heavy atom. The molecule has 0 aliphatic carbocycles. The van der Waals surface area contributed by atoms with Gasteiger partial charge in [-0.25, -0.2) is 0 Å². The third-order valence-electron chi connectivity index (χ3n) is 12.8. The Morgan fingerprint density at radius 2 is 1.47 bits per heavy atom. The SMILES string of the molecule is CO[C@H]1/C=C/O[C@@]2(C)Oc3c(C)c(O)c4c(O)c(c(CNCC5COCCOCCOCCOCCO5)c(O)c4c3C2=O)NC(=O)/C(C)=C\C=C\[C@H](C)[C@H](O)[C@@H](C)[C@@H](O)[C@@H](C)[C@H](OC(C)=O)[C@@H]1C. The molecule has 4 aliphatic heterocycles. The van der Waals surface area contributed by atoms with Gasteiger partial charge in [0.25, 0.3) is 11.7 Å². The van der Waals surface area contributed by atoms with E-state index in [4.69, 9.17) is 42.6 Å². The molecule has 4 heterocycles. The summed E-state index contributed by atoms with van der Waals surface area (Å²) in [4.78, 5) is 40.9. The van der Waals surface area contributed by atoms with Crippen LogP contribution in [0, 0.1) is 30.6 Å². The molecule has 0 aromatic heterocycles. The van der Waals surface area contributed by atoms with Crippen molar-refractivity contribution < 1.29 is 82.5 Å². The zero-order valence-corrected chi connectivity index (χ0v) is 40.5. The lowest BCUT2D eigenvalue weighted by Gasteiger charge is -2.38. The predicted octanol–water partition coefficient (Wildman–Crippen LogP) is 4.31. The van der Waals surface area contributed by atoms with Crippen molar-refractivity contribution in [2.24, 2.45) is 23.7 Å². The Kier molecular flexibility index (Phi) is 19.6. The number of aliphatic hydroxyl groups excluding tert-OH is 2. The maximum atomic E-state index is 14.6. The van der Waals surface area contributed by atoms with Gasteiger partial charge in [-0.2, -0.15) is 0 Å². The summed E-state index contributed by atoms with van der Waals surface area (Å²) in [7, 11) is 1.43. The molecular formula is C49H70N2O17.